The van der Waals surface area contributed by atoms with Gasteiger partial charge in [0.15, 0.2) is 0 Å². The van der Waals surface area contributed by atoms with Gasteiger partial charge in [-0.1, -0.05) is 166 Å². The van der Waals surface area contributed by atoms with Crippen LogP contribution >= 0.6 is 47.0 Å². The first-order valence-corrected chi connectivity index (χ1v) is 33.0. The zero-order chi connectivity index (χ0) is 65.0. The summed E-state index contributed by atoms with van der Waals surface area (Å²) in [4.78, 5) is 59.2. The molecule has 16 heteroatoms. The number of phenols is 4. The molecule has 4 aromatic carbocycles. The molecule has 0 spiro atoms. The topological polar surface area (TPSA) is 186 Å². The van der Waals surface area contributed by atoms with E-state index in [0.717, 1.165) is 64.1 Å². The Morgan fingerprint density at radius 2 is 0.412 bits per heavy atom. The predicted molar refractivity (Wildman–Crippen MR) is 351 cm³/mol. The SMILES string of the molecule is CC(C)(C)c1cc(SCC(=O)OCC(COC(=O)CSc2cc(C(C)(C)C)c(O)c(C(C)(C)C)c2)(COC(=O)CSc2cc(C(C)(C)C)c(O)c(C(C)(C)C)c2)COC(=O)CSc2cc(C(C)(C)C)c(O)c(C(C)(C)C)c2)cc(C(C)(C)C)c1O. The van der Waals surface area contributed by atoms with E-state index in [9.17, 15) is 39.6 Å². The maximum absolute atomic E-state index is 14.1. The molecule has 0 radical (unpaired) electrons. The number of carbonyl (C=O) groups excluding carboxylic acids is 4. The van der Waals surface area contributed by atoms with Crippen molar-refractivity contribution in [1.29, 1.82) is 0 Å². The predicted octanol–water partition coefficient (Wildman–Crippen LogP) is 16.5. The van der Waals surface area contributed by atoms with Gasteiger partial charge in [0.2, 0.25) is 0 Å². The smallest absolute Gasteiger partial charge is 0.316 e. The third-order valence-corrected chi connectivity index (χ3v) is 18.2. The third kappa shape index (κ3) is 20.7. The summed E-state index contributed by atoms with van der Waals surface area (Å²) in [5.41, 5.74) is 0.897. The van der Waals surface area contributed by atoms with E-state index >= 15 is 0 Å². The molecule has 4 N–H and O–H groups in total. The Morgan fingerprint density at radius 1 is 0.282 bits per heavy atom. The van der Waals surface area contributed by atoms with Crippen LogP contribution in [-0.2, 0) is 81.4 Å². The van der Waals surface area contributed by atoms with Gasteiger partial charge in [0.05, 0.1) is 23.0 Å². The van der Waals surface area contributed by atoms with Crippen LogP contribution in [0.3, 0.4) is 0 Å². The summed E-state index contributed by atoms with van der Waals surface area (Å²) in [5.74, 6) is -2.38. The molecule has 4 aromatic rings. The molecule has 85 heavy (non-hydrogen) atoms. The van der Waals surface area contributed by atoms with E-state index in [1.807, 2.05) is 215 Å². The van der Waals surface area contributed by atoms with Crippen LogP contribution < -0.4 is 0 Å². The highest BCUT2D eigenvalue weighted by atomic mass is 32.2. The van der Waals surface area contributed by atoms with Crippen molar-refractivity contribution in [3.8, 4) is 23.0 Å². The highest BCUT2D eigenvalue weighted by molar-refractivity contribution is 8.00. The van der Waals surface area contributed by atoms with E-state index in [1.54, 1.807) is 0 Å². The van der Waals surface area contributed by atoms with Crippen LogP contribution in [0.4, 0.5) is 0 Å². The van der Waals surface area contributed by atoms with Crippen molar-refractivity contribution >= 4 is 70.9 Å². The second-order valence-electron chi connectivity index (χ2n) is 30.8. The molecule has 0 aromatic heterocycles. The van der Waals surface area contributed by atoms with Crippen molar-refractivity contribution < 1.29 is 58.6 Å². The number of hydrogen-bond acceptors (Lipinski definition) is 16. The molecular weight excluding hydrogens is 1150 g/mol. The molecule has 0 aliphatic carbocycles. The summed E-state index contributed by atoms with van der Waals surface area (Å²) in [6.07, 6.45) is 0. The summed E-state index contributed by atoms with van der Waals surface area (Å²) >= 11 is 4.95. The van der Waals surface area contributed by atoms with Gasteiger partial charge in [0.25, 0.3) is 0 Å². The maximum Gasteiger partial charge on any atom is 0.316 e. The average Bonchev–Trinajstić information content (AvgIpc) is 1.83. The Balaban J connectivity index is 1.76. The summed E-state index contributed by atoms with van der Waals surface area (Å²) in [6, 6.07) is 15.0. The number of benzene rings is 4. The molecule has 0 fully saturated rings. The first kappa shape index (κ1) is 72.8. The van der Waals surface area contributed by atoms with Gasteiger partial charge in [-0.05, 0) is 91.9 Å². The fourth-order valence-electron chi connectivity index (χ4n) is 9.26. The second-order valence-corrected chi connectivity index (χ2v) is 35.0. The van der Waals surface area contributed by atoms with Gasteiger partial charge < -0.3 is 39.4 Å². The van der Waals surface area contributed by atoms with Crippen molar-refractivity contribution in [2.24, 2.45) is 5.41 Å². The lowest BCUT2D eigenvalue weighted by molar-refractivity contribution is -0.167. The lowest BCUT2D eigenvalue weighted by atomic mass is 9.79. The van der Waals surface area contributed by atoms with Gasteiger partial charge in [-0.15, -0.1) is 47.0 Å². The Hall–Kier alpha value is -4.64. The van der Waals surface area contributed by atoms with Gasteiger partial charge in [-0.3, -0.25) is 19.2 Å². The normalized spacial score (nSPS) is 13.2. The van der Waals surface area contributed by atoms with Crippen LogP contribution in [0.2, 0.25) is 0 Å². The van der Waals surface area contributed by atoms with Gasteiger partial charge >= 0.3 is 23.9 Å². The monoisotopic (exact) mass is 1250 g/mol. The highest BCUT2D eigenvalue weighted by Gasteiger charge is 2.39. The minimum atomic E-state index is -1.62. The Bertz CT molecular complexity index is 2500. The fraction of sp³-hybridized carbons (Fsp3) is 0.594. The van der Waals surface area contributed by atoms with E-state index in [0.29, 0.717) is 0 Å². The van der Waals surface area contributed by atoms with Crippen LogP contribution in [-0.4, -0.2) is 93.7 Å². The summed E-state index contributed by atoms with van der Waals surface area (Å²) in [7, 11) is 0. The highest BCUT2D eigenvalue weighted by Crippen LogP contribution is 2.46. The van der Waals surface area contributed by atoms with Crippen LogP contribution in [0.5, 0.6) is 23.0 Å². The van der Waals surface area contributed by atoms with Crippen molar-refractivity contribution in [3.05, 3.63) is 93.0 Å². The van der Waals surface area contributed by atoms with E-state index in [4.69, 9.17) is 18.9 Å². The van der Waals surface area contributed by atoms with Crippen molar-refractivity contribution in [3.63, 3.8) is 0 Å². The number of aromatic hydroxyl groups is 4. The molecule has 0 amide bonds. The van der Waals surface area contributed by atoms with Crippen LogP contribution in [0.25, 0.3) is 0 Å². The molecule has 0 aliphatic rings. The standard InChI is InChI=1S/C69H100O12S4/c1-61(2,3)45-25-41(26-46(57(45)74)62(4,5)6)82-33-53(70)78-37-69(38-79-54(71)34-83-42-27-47(63(7,8)9)58(75)48(28-42)64(10,11)12,39-80-55(72)35-84-43-29-49(65(13,14)15)59(76)50(30-43)66(16,17)18)40-81-56(73)36-85-44-31-51(67(19,20)21)60(77)52(32-44)68(22,23)24/h25-32,74-77H,33-40H2,1-24H3. The maximum atomic E-state index is 14.1. The minimum Gasteiger partial charge on any atom is -0.507 e. The zero-order valence-corrected chi connectivity index (χ0v) is 58.7. The minimum absolute atomic E-state index is 0.156. The molecule has 0 saturated carbocycles. The van der Waals surface area contributed by atoms with Crippen molar-refractivity contribution in [2.45, 2.75) is 229 Å². The number of ether oxygens (including phenoxy) is 4. The van der Waals surface area contributed by atoms with Gasteiger partial charge in [0, 0.05) is 64.1 Å². The molecule has 472 valence electrons. The van der Waals surface area contributed by atoms with E-state index < -0.39 is 99.0 Å². The third-order valence-electron chi connectivity index (χ3n) is 14.4. The average molecular weight is 1250 g/mol. The van der Waals surface area contributed by atoms with Crippen LogP contribution in [0, 0.1) is 5.41 Å². The van der Waals surface area contributed by atoms with Gasteiger partial charge in [0.1, 0.15) is 54.8 Å². The largest absolute Gasteiger partial charge is 0.507 e. The molecular formula is C69H100O12S4. The molecule has 4 rings (SSSR count). The number of rotatable bonds is 20. The Labute approximate surface area is 526 Å². The van der Waals surface area contributed by atoms with E-state index in [2.05, 4.69) is 0 Å². The number of esters is 4. The zero-order valence-electron chi connectivity index (χ0n) is 55.5. The molecule has 12 nitrogen and oxygen atoms in total. The number of thioether (sulfide) groups is 4. The Kier molecular flexibility index (Phi) is 23.5. The molecule has 0 aliphatic heterocycles. The second kappa shape index (κ2) is 27.4. The number of carbonyl (C=O) groups is 4. The number of hydrogen-bond donors (Lipinski definition) is 4. The Morgan fingerprint density at radius 3 is 0.529 bits per heavy atom. The molecule has 0 unspecified atom stereocenters. The fourth-order valence-corrected chi connectivity index (χ4v) is 12.3. The first-order valence-electron chi connectivity index (χ1n) is 29.1. The number of phenolic OH excluding ortho intramolecular Hbond substituents is 4. The summed E-state index contributed by atoms with van der Waals surface area (Å²) in [5, 5.41) is 45.6. The molecule has 0 heterocycles. The first-order chi connectivity index (χ1) is 38.4. The van der Waals surface area contributed by atoms with Crippen LogP contribution in [0.15, 0.2) is 68.1 Å². The lowest BCUT2D eigenvalue weighted by Crippen LogP contribution is -2.44. The van der Waals surface area contributed by atoms with Crippen molar-refractivity contribution in [2.75, 3.05) is 49.4 Å². The van der Waals surface area contributed by atoms with Crippen LogP contribution in [0.1, 0.15) is 211 Å². The summed E-state index contributed by atoms with van der Waals surface area (Å²) < 4.78 is 24.3. The van der Waals surface area contributed by atoms with E-state index in [-0.39, 0.29) is 46.0 Å². The molecule has 0 saturated heterocycles. The quantitative estimate of drug-likeness (QED) is 0.0372. The van der Waals surface area contributed by atoms with E-state index in [1.165, 1.54) is 47.0 Å². The lowest BCUT2D eigenvalue weighted by Gasteiger charge is -2.32. The molecule has 0 atom stereocenters. The molecule has 0 bridgehead atoms. The van der Waals surface area contributed by atoms with Gasteiger partial charge in [-0.25, -0.2) is 0 Å². The van der Waals surface area contributed by atoms with Gasteiger partial charge in [-0.2, -0.15) is 0 Å². The summed E-state index contributed by atoms with van der Waals surface area (Å²) in [6.45, 7) is 46.3. The van der Waals surface area contributed by atoms with Crippen molar-refractivity contribution in [1.82, 2.24) is 0 Å².